The summed E-state index contributed by atoms with van der Waals surface area (Å²) in [7, 11) is 3.69. The molecule has 422 valence electrons. The minimum Gasteiger partial charge on any atom is -0.459 e. The van der Waals surface area contributed by atoms with Gasteiger partial charge in [0.15, 0.2) is 29.1 Å². The number of hydrogen-bond acceptors (Lipinski definition) is 16. The summed E-state index contributed by atoms with van der Waals surface area (Å²) in [6, 6.07) is -1.13. The Morgan fingerprint density at radius 1 is 0.946 bits per heavy atom. The third-order valence-corrected chi connectivity index (χ3v) is 19.2. The van der Waals surface area contributed by atoms with Crippen molar-refractivity contribution in [1.82, 2.24) is 15.1 Å². The summed E-state index contributed by atoms with van der Waals surface area (Å²) < 4.78 is 66.1. The van der Waals surface area contributed by atoms with Crippen molar-refractivity contribution < 1.29 is 77.5 Å². The van der Waals surface area contributed by atoms with Crippen molar-refractivity contribution in [3.05, 3.63) is 23.8 Å². The van der Waals surface area contributed by atoms with E-state index in [0.29, 0.717) is 12.8 Å². The minimum absolute atomic E-state index is 0.00380. The molecule has 7 rings (SSSR count). The number of carbonyl (C=O) groups excluding carboxylic acids is 3. The number of allylic oxidation sites excluding steroid dienone is 4. The molecule has 0 aromatic heterocycles. The normalized spacial score (nSPS) is 50.1. The van der Waals surface area contributed by atoms with Crippen molar-refractivity contribution in [1.29, 1.82) is 0 Å². The van der Waals surface area contributed by atoms with E-state index < -0.39 is 142 Å². The zero-order valence-electron chi connectivity index (χ0n) is 46.2. The molecule has 1 amide bonds. The standard InChI is InChI=1S/C55H89F2N3O14/c1-15-40-53(12,69)44(65)32(6)60(27-28(2)25-52(11,68)45(30(4)42(63)31(5)46(66)71-40)72-47-43(64)38(59(13)14)21-29(3)70-47)20-16-19-58-48(67)55-41(73-49(7,8)74-55)24-34-35-23-37(56)36-22-33(61)17-18-50(36,9)54(35,57)39(62)26-51(34,55)10/h17-18,22,28-32,34-35,37-45,47,62-65,68-69H,15-16,19-21,23-27H2,1-14H3,(H,58,67)/t28-,29-,30+,31-,32-,34?,35?,37+,38-,39+,40-,41-,42?,43?,44-,45?,47+,50+,51+,52-,53-,54+,55+/m1/s1. The molecule has 3 heterocycles. The number of likely N-dealkylation sites (N-methyl/N-ethyl adjacent to an activating group) is 1. The van der Waals surface area contributed by atoms with Gasteiger partial charge in [-0.3, -0.25) is 19.3 Å². The predicted octanol–water partition coefficient (Wildman–Crippen LogP) is 3.67. The van der Waals surface area contributed by atoms with Crippen LogP contribution >= 0.6 is 0 Å². The van der Waals surface area contributed by atoms with E-state index in [2.05, 4.69) is 5.32 Å². The number of nitrogens with zero attached hydrogens (tertiary/aromatic N) is 2. The van der Waals surface area contributed by atoms with Gasteiger partial charge in [-0.25, -0.2) is 8.78 Å². The first-order valence-corrected chi connectivity index (χ1v) is 27.2. The van der Waals surface area contributed by atoms with Crippen molar-refractivity contribution in [2.75, 3.05) is 33.7 Å². The Kier molecular flexibility index (Phi) is 16.7. The molecule has 17 nitrogen and oxygen atoms in total. The smallest absolute Gasteiger partial charge is 0.311 e. The van der Waals surface area contributed by atoms with Crippen molar-refractivity contribution in [2.24, 2.45) is 40.4 Å². The number of amides is 1. The van der Waals surface area contributed by atoms with E-state index in [4.69, 9.17) is 23.7 Å². The van der Waals surface area contributed by atoms with Crippen LogP contribution in [0.25, 0.3) is 0 Å². The molecule has 74 heavy (non-hydrogen) atoms. The molecule has 5 unspecified atom stereocenters. The van der Waals surface area contributed by atoms with E-state index in [1.165, 1.54) is 32.9 Å². The van der Waals surface area contributed by atoms with Gasteiger partial charge in [0.1, 0.15) is 30.1 Å². The Morgan fingerprint density at radius 2 is 1.61 bits per heavy atom. The first kappa shape index (κ1) is 59.1. The first-order valence-electron chi connectivity index (χ1n) is 27.2. The van der Waals surface area contributed by atoms with E-state index in [1.807, 2.05) is 37.7 Å². The van der Waals surface area contributed by atoms with Crippen LogP contribution in [0.2, 0.25) is 0 Å². The molecule has 0 bridgehead atoms. The highest BCUT2D eigenvalue weighted by Gasteiger charge is 2.81. The van der Waals surface area contributed by atoms with Crippen LogP contribution in [0.4, 0.5) is 8.78 Å². The summed E-state index contributed by atoms with van der Waals surface area (Å²) in [5, 5.41) is 75.2. The Bertz CT molecular complexity index is 2140. The molecule has 7 N–H and O–H groups in total. The molecular formula is C55H89F2N3O14. The van der Waals surface area contributed by atoms with Crippen molar-refractivity contribution in [3.63, 3.8) is 0 Å². The maximum atomic E-state index is 18.1. The van der Waals surface area contributed by atoms with Crippen molar-refractivity contribution in [3.8, 4) is 0 Å². The second-order valence-electron chi connectivity index (χ2n) is 25.2. The second-order valence-corrected chi connectivity index (χ2v) is 25.2. The van der Waals surface area contributed by atoms with Gasteiger partial charge in [-0.2, -0.15) is 0 Å². The molecule has 3 saturated heterocycles. The van der Waals surface area contributed by atoms with E-state index in [-0.39, 0.29) is 75.4 Å². The molecule has 6 fully saturated rings. The predicted molar refractivity (Wildman–Crippen MR) is 268 cm³/mol. The van der Waals surface area contributed by atoms with Crippen LogP contribution in [0.15, 0.2) is 23.8 Å². The summed E-state index contributed by atoms with van der Waals surface area (Å²) in [4.78, 5) is 45.1. The molecule has 4 aliphatic carbocycles. The zero-order valence-corrected chi connectivity index (χ0v) is 46.2. The number of fused-ring (bicyclic) bond motifs is 7. The third-order valence-electron chi connectivity index (χ3n) is 19.2. The third kappa shape index (κ3) is 9.89. The summed E-state index contributed by atoms with van der Waals surface area (Å²) in [5.74, 6) is -7.22. The number of rotatable bonds is 9. The van der Waals surface area contributed by atoms with Gasteiger partial charge < -0.3 is 64.5 Å². The lowest BCUT2D eigenvalue weighted by Crippen LogP contribution is -2.71. The van der Waals surface area contributed by atoms with E-state index in [1.54, 1.807) is 48.5 Å². The highest BCUT2D eigenvalue weighted by molar-refractivity contribution is 6.01. The highest BCUT2D eigenvalue weighted by atomic mass is 19.1. The van der Waals surface area contributed by atoms with Crippen LogP contribution in [0.5, 0.6) is 0 Å². The minimum atomic E-state index is -2.37. The average molecular weight is 1050 g/mol. The van der Waals surface area contributed by atoms with E-state index in [0.717, 1.165) is 6.08 Å². The lowest BCUT2D eigenvalue weighted by molar-refractivity contribution is -0.299. The highest BCUT2D eigenvalue weighted by Crippen LogP contribution is 2.72. The number of esters is 1. The van der Waals surface area contributed by atoms with E-state index >= 15 is 13.6 Å². The number of nitrogens with one attached hydrogen (secondary N) is 1. The van der Waals surface area contributed by atoms with Gasteiger partial charge in [-0.15, -0.1) is 0 Å². The number of ether oxygens (including phenoxy) is 5. The van der Waals surface area contributed by atoms with Crippen LogP contribution in [-0.4, -0.2) is 193 Å². The first-order chi connectivity index (χ1) is 34.1. The summed E-state index contributed by atoms with van der Waals surface area (Å²) >= 11 is 0. The van der Waals surface area contributed by atoms with Crippen LogP contribution in [0.1, 0.15) is 128 Å². The molecule has 0 aromatic rings. The molecule has 3 saturated carbocycles. The van der Waals surface area contributed by atoms with Gasteiger partial charge in [-0.1, -0.05) is 33.8 Å². The molecule has 0 spiro atoms. The maximum Gasteiger partial charge on any atom is 0.311 e. The second kappa shape index (κ2) is 20.9. The average Bonchev–Trinajstić information content (AvgIpc) is 3.73. The monoisotopic (exact) mass is 1050 g/mol. The Balaban J connectivity index is 1.14. The van der Waals surface area contributed by atoms with Crippen LogP contribution < -0.4 is 5.32 Å². The van der Waals surface area contributed by atoms with Gasteiger partial charge in [0.2, 0.25) is 0 Å². The van der Waals surface area contributed by atoms with E-state index in [9.17, 15) is 40.2 Å². The zero-order chi connectivity index (χ0) is 55.2. The molecule has 0 radical (unpaired) electrons. The van der Waals surface area contributed by atoms with Crippen LogP contribution in [-0.2, 0) is 38.1 Å². The number of hydrogen-bond donors (Lipinski definition) is 7. The fourth-order valence-electron chi connectivity index (χ4n) is 15.2. The number of cyclic esters (lactones) is 1. The summed E-state index contributed by atoms with van der Waals surface area (Å²) in [5.41, 5.74) is -10.6. The molecule has 19 heteroatoms. The molecule has 23 atom stereocenters. The Hall–Kier alpha value is -2.53. The Morgan fingerprint density at radius 3 is 2.24 bits per heavy atom. The SMILES string of the molecule is CC[C@H]1OC(=O)[C@H](C)C(O)[C@H](C)C(O[C@@H]2O[C@H](C)C[C@@H](N(C)C)C2O)[C@](C)(O)C[C@@H](C)CN(CCCNC(=O)[C@@]23OC(C)(C)O[C@@H]2CC2C4C[C@H](F)C5=CC(=O)C=C[C@]5(C)[C@@]4(F)[C@@H](O)C[C@@]23C)[C@H](C)[C@@H](O)[C@]1(C)O. The number of halogens is 2. The van der Waals surface area contributed by atoms with Crippen LogP contribution in [0, 0.1) is 40.4 Å². The van der Waals surface area contributed by atoms with Crippen LogP contribution in [0.3, 0.4) is 0 Å². The molecule has 7 aliphatic rings. The van der Waals surface area contributed by atoms with Crippen molar-refractivity contribution >= 4 is 17.7 Å². The van der Waals surface area contributed by atoms with Gasteiger partial charge in [0, 0.05) is 54.4 Å². The largest absolute Gasteiger partial charge is 0.459 e. The molecule has 0 aromatic carbocycles. The van der Waals surface area contributed by atoms with Gasteiger partial charge >= 0.3 is 5.97 Å². The van der Waals surface area contributed by atoms with Gasteiger partial charge in [-0.05, 0) is 144 Å². The topological polar surface area (TPSA) is 237 Å². The lowest BCUT2D eigenvalue weighted by atomic mass is 9.44. The quantitative estimate of drug-likeness (QED) is 0.129. The van der Waals surface area contributed by atoms with Gasteiger partial charge in [0.25, 0.3) is 5.91 Å². The Labute approximate surface area is 436 Å². The fraction of sp³-hybridized carbons (Fsp3) is 0.873. The number of aliphatic hydroxyl groups excluding tert-OH is 4. The summed E-state index contributed by atoms with van der Waals surface area (Å²) in [6.07, 6.45) is -7.73. The number of ketones is 1. The summed E-state index contributed by atoms with van der Waals surface area (Å²) in [6.45, 7) is 20.6. The molecular weight excluding hydrogens is 965 g/mol. The number of aliphatic hydroxyl groups is 6. The molecule has 3 aliphatic heterocycles. The van der Waals surface area contributed by atoms with Crippen molar-refractivity contribution in [2.45, 2.75) is 230 Å². The number of alkyl halides is 2. The lowest BCUT2D eigenvalue weighted by Gasteiger charge is -2.63. The maximum absolute atomic E-state index is 18.1. The van der Waals surface area contributed by atoms with Gasteiger partial charge in [0.05, 0.1) is 42.0 Å². The number of carbonyl (C=O) groups is 3. The fourth-order valence-corrected chi connectivity index (χ4v) is 15.2.